The Morgan fingerprint density at radius 1 is 1.09 bits per heavy atom. The Hall–Kier alpha value is -2.53. The lowest BCUT2D eigenvalue weighted by Gasteiger charge is -2.34. The van der Waals surface area contributed by atoms with Gasteiger partial charge in [0.25, 0.3) is 0 Å². The molecule has 0 atom stereocenters. The third-order valence-corrected chi connectivity index (χ3v) is 4.04. The molecule has 2 aromatic carbocycles. The molecule has 5 nitrogen and oxygen atoms in total. The zero-order valence-corrected chi connectivity index (χ0v) is 12.6. The summed E-state index contributed by atoms with van der Waals surface area (Å²) >= 11 is 0. The van der Waals surface area contributed by atoms with Gasteiger partial charge in [0.2, 0.25) is 5.91 Å². The van der Waals surface area contributed by atoms with E-state index in [4.69, 9.17) is 4.74 Å². The van der Waals surface area contributed by atoms with Crippen molar-refractivity contribution in [1.29, 1.82) is 0 Å². The van der Waals surface area contributed by atoms with Crippen molar-refractivity contribution in [3.63, 3.8) is 0 Å². The van der Waals surface area contributed by atoms with Crippen molar-refractivity contribution in [3.8, 4) is 11.5 Å². The van der Waals surface area contributed by atoms with Crippen LogP contribution in [-0.4, -0.2) is 22.2 Å². The number of hydrogen-bond acceptors (Lipinski definition) is 4. The number of benzene rings is 2. The highest BCUT2D eigenvalue weighted by Crippen LogP contribution is 2.33. The van der Waals surface area contributed by atoms with Crippen LogP contribution in [0.15, 0.2) is 48.5 Å². The first-order valence-electron chi connectivity index (χ1n) is 7.60. The van der Waals surface area contributed by atoms with Gasteiger partial charge in [0.05, 0.1) is 12.7 Å². The molecule has 2 aromatic rings. The van der Waals surface area contributed by atoms with Crippen LogP contribution in [0.2, 0.25) is 0 Å². The highest BCUT2D eigenvalue weighted by Gasteiger charge is 2.35. The van der Waals surface area contributed by atoms with E-state index in [0.717, 1.165) is 5.56 Å². The number of ether oxygens (including phenoxy) is 1. The standard InChI is InChI=1S/C18H19NO4/c20-16-7-6-14(10-17(16)21)19-18(22)13-8-15(9-13)23-11-12-4-2-1-3-5-12/h1-7,10,13,15,20-21H,8-9,11H2,(H,19,22). The molecule has 5 heteroatoms. The van der Waals surface area contributed by atoms with Crippen molar-refractivity contribution in [1.82, 2.24) is 0 Å². The first-order chi connectivity index (χ1) is 11.1. The Bertz CT molecular complexity index is 681. The van der Waals surface area contributed by atoms with Crippen LogP contribution < -0.4 is 5.32 Å². The van der Waals surface area contributed by atoms with Crippen LogP contribution in [0, 0.1) is 5.92 Å². The minimum atomic E-state index is -0.250. The molecule has 0 unspecified atom stereocenters. The van der Waals surface area contributed by atoms with Gasteiger partial charge in [-0.25, -0.2) is 0 Å². The molecule has 0 aromatic heterocycles. The lowest BCUT2D eigenvalue weighted by Crippen LogP contribution is -2.39. The molecule has 0 saturated heterocycles. The normalized spacial score (nSPS) is 19.8. The van der Waals surface area contributed by atoms with E-state index in [1.165, 1.54) is 12.1 Å². The van der Waals surface area contributed by atoms with E-state index >= 15 is 0 Å². The summed E-state index contributed by atoms with van der Waals surface area (Å²) in [5.41, 5.74) is 1.60. The third-order valence-electron chi connectivity index (χ3n) is 4.04. The van der Waals surface area contributed by atoms with E-state index in [2.05, 4.69) is 5.32 Å². The van der Waals surface area contributed by atoms with E-state index < -0.39 is 0 Å². The summed E-state index contributed by atoms with van der Waals surface area (Å²) in [7, 11) is 0. The summed E-state index contributed by atoms with van der Waals surface area (Å²) in [6, 6.07) is 14.2. The van der Waals surface area contributed by atoms with Gasteiger partial charge < -0.3 is 20.3 Å². The first-order valence-corrected chi connectivity index (χ1v) is 7.60. The molecule has 1 fully saturated rings. The van der Waals surface area contributed by atoms with Crippen molar-refractivity contribution in [3.05, 3.63) is 54.1 Å². The molecular formula is C18H19NO4. The fraction of sp³-hybridized carbons (Fsp3) is 0.278. The molecule has 1 aliphatic rings. The van der Waals surface area contributed by atoms with E-state index in [9.17, 15) is 15.0 Å². The fourth-order valence-corrected chi connectivity index (χ4v) is 2.55. The van der Waals surface area contributed by atoms with Gasteiger partial charge in [-0.15, -0.1) is 0 Å². The van der Waals surface area contributed by atoms with Crippen LogP contribution in [0.4, 0.5) is 5.69 Å². The number of carbonyl (C=O) groups excluding carboxylic acids is 1. The zero-order valence-electron chi connectivity index (χ0n) is 12.6. The highest BCUT2D eigenvalue weighted by molar-refractivity contribution is 5.93. The molecule has 0 heterocycles. The number of rotatable bonds is 5. The number of aromatic hydroxyl groups is 2. The molecule has 1 amide bonds. The van der Waals surface area contributed by atoms with Crippen LogP contribution >= 0.6 is 0 Å². The Kier molecular flexibility index (Phi) is 4.48. The molecule has 0 spiro atoms. The molecule has 0 radical (unpaired) electrons. The minimum Gasteiger partial charge on any atom is -0.504 e. The predicted octanol–water partition coefficient (Wildman–Crippen LogP) is 3.03. The summed E-state index contributed by atoms with van der Waals surface area (Å²) in [6.07, 6.45) is 1.50. The molecule has 3 N–H and O–H groups in total. The maximum absolute atomic E-state index is 12.1. The topological polar surface area (TPSA) is 78.8 Å². The van der Waals surface area contributed by atoms with Gasteiger partial charge in [0.1, 0.15) is 0 Å². The van der Waals surface area contributed by atoms with E-state index in [1.54, 1.807) is 6.07 Å². The predicted molar refractivity (Wildman–Crippen MR) is 86.1 cm³/mol. The third kappa shape index (κ3) is 3.81. The minimum absolute atomic E-state index is 0.0771. The van der Waals surface area contributed by atoms with Crippen molar-refractivity contribution in [2.24, 2.45) is 5.92 Å². The SMILES string of the molecule is O=C(Nc1ccc(O)c(O)c1)C1CC(OCc2ccccc2)C1. The van der Waals surface area contributed by atoms with Gasteiger partial charge in [-0.05, 0) is 30.5 Å². The van der Waals surface area contributed by atoms with Crippen LogP contribution in [0.25, 0.3) is 0 Å². The lowest BCUT2D eigenvalue weighted by atomic mass is 9.81. The number of hydrogen-bond donors (Lipinski definition) is 3. The van der Waals surface area contributed by atoms with Gasteiger partial charge in [0.15, 0.2) is 11.5 Å². The second kappa shape index (κ2) is 6.71. The van der Waals surface area contributed by atoms with Gasteiger partial charge in [0, 0.05) is 17.7 Å². The van der Waals surface area contributed by atoms with Gasteiger partial charge in [-0.2, -0.15) is 0 Å². The molecule has 120 valence electrons. The van der Waals surface area contributed by atoms with Crippen molar-refractivity contribution in [2.45, 2.75) is 25.6 Å². The van der Waals surface area contributed by atoms with Gasteiger partial charge in [-0.1, -0.05) is 30.3 Å². The maximum Gasteiger partial charge on any atom is 0.227 e. The number of phenols is 2. The second-order valence-corrected chi connectivity index (χ2v) is 5.78. The second-order valence-electron chi connectivity index (χ2n) is 5.78. The van der Waals surface area contributed by atoms with Crippen LogP contribution in [0.5, 0.6) is 11.5 Å². The van der Waals surface area contributed by atoms with E-state index in [0.29, 0.717) is 25.1 Å². The Morgan fingerprint density at radius 3 is 2.52 bits per heavy atom. The summed E-state index contributed by atoms with van der Waals surface area (Å²) in [6.45, 7) is 0.561. The van der Waals surface area contributed by atoms with Crippen LogP contribution in [0.1, 0.15) is 18.4 Å². The summed E-state index contributed by atoms with van der Waals surface area (Å²) < 4.78 is 5.78. The van der Waals surface area contributed by atoms with Crippen LogP contribution in [0.3, 0.4) is 0 Å². The molecule has 1 aliphatic carbocycles. The largest absolute Gasteiger partial charge is 0.504 e. The molecule has 0 aliphatic heterocycles. The fourth-order valence-electron chi connectivity index (χ4n) is 2.55. The average molecular weight is 313 g/mol. The first kappa shape index (κ1) is 15.4. The Labute approximate surface area is 134 Å². The van der Waals surface area contributed by atoms with E-state index in [-0.39, 0.29) is 29.4 Å². The van der Waals surface area contributed by atoms with E-state index in [1.807, 2.05) is 30.3 Å². The summed E-state index contributed by atoms with van der Waals surface area (Å²) in [5.74, 6) is -0.622. The van der Waals surface area contributed by atoms with Crippen molar-refractivity contribution in [2.75, 3.05) is 5.32 Å². The molecular weight excluding hydrogens is 294 g/mol. The van der Waals surface area contributed by atoms with Crippen molar-refractivity contribution < 1.29 is 19.7 Å². The number of anilines is 1. The molecule has 1 saturated carbocycles. The number of nitrogens with one attached hydrogen (secondary N) is 1. The summed E-state index contributed by atoms with van der Waals surface area (Å²) in [4.78, 5) is 12.1. The van der Waals surface area contributed by atoms with Gasteiger partial charge >= 0.3 is 0 Å². The quantitative estimate of drug-likeness (QED) is 0.585. The number of amides is 1. The zero-order chi connectivity index (χ0) is 16.2. The monoisotopic (exact) mass is 313 g/mol. The highest BCUT2D eigenvalue weighted by atomic mass is 16.5. The number of phenolic OH excluding ortho intramolecular Hbond substituents is 2. The van der Waals surface area contributed by atoms with Crippen molar-refractivity contribution >= 4 is 11.6 Å². The maximum atomic E-state index is 12.1. The molecule has 0 bridgehead atoms. The Balaban J connectivity index is 1.43. The number of carbonyl (C=O) groups is 1. The molecule has 23 heavy (non-hydrogen) atoms. The summed E-state index contributed by atoms with van der Waals surface area (Å²) in [5, 5.41) is 21.4. The van der Waals surface area contributed by atoms with Crippen LogP contribution in [-0.2, 0) is 16.1 Å². The Morgan fingerprint density at radius 2 is 1.83 bits per heavy atom. The molecule has 3 rings (SSSR count). The smallest absolute Gasteiger partial charge is 0.227 e. The lowest BCUT2D eigenvalue weighted by molar-refractivity contribution is -0.129. The van der Waals surface area contributed by atoms with Gasteiger partial charge in [-0.3, -0.25) is 4.79 Å². The average Bonchev–Trinajstić information content (AvgIpc) is 2.50.